The van der Waals surface area contributed by atoms with Gasteiger partial charge in [-0.05, 0) is 36.2 Å². The minimum absolute atomic E-state index is 0.00494. The smallest absolute Gasteiger partial charge is 0.243 e. The van der Waals surface area contributed by atoms with Crippen molar-refractivity contribution in [2.24, 2.45) is 0 Å². The predicted molar refractivity (Wildman–Crippen MR) is 98.3 cm³/mol. The highest BCUT2D eigenvalue weighted by Crippen LogP contribution is 2.23. The summed E-state index contributed by atoms with van der Waals surface area (Å²) in [5.41, 5.74) is 2.79. The quantitative estimate of drug-likeness (QED) is 0.822. The SMILES string of the molecule is Cc1ccc(NC(=O)CNc2ccccc2CS(C)(=O)=O)c(Cl)c1. The fraction of sp³-hybridized carbons (Fsp3) is 0.235. The van der Waals surface area contributed by atoms with E-state index < -0.39 is 9.84 Å². The van der Waals surface area contributed by atoms with Gasteiger partial charge in [-0.1, -0.05) is 35.9 Å². The molecule has 0 unspecified atom stereocenters. The van der Waals surface area contributed by atoms with E-state index in [2.05, 4.69) is 10.6 Å². The number of halogens is 1. The molecule has 24 heavy (non-hydrogen) atoms. The molecule has 7 heteroatoms. The first kappa shape index (κ1) is 18.3. The fourth-order valence-corrected chi connectivity index (χ4v) is 3.29. The van der Waals surface area contributed by atoms with E-state index in [1.54, 1.807) is 36.4 Å². The molecule has 5 nitrogen and oxygen atoms in total. The molecule has 0 aliphatic heterocycles. The molecule has 0 aliphatic carbocycles. The first-order chi connectivity index (χ1) is 11.2. The van der Waals surface area contributed by atoms with Crippen LogP contribution >= 0.6 is 11.6 Å². The molecule has 0 atom stereocenters. The average Bonchev–Trinajstić information content (AvgIpc) is 2.48. The van der Waals surface area contributed by atoms with Crippen molar-refractivity contribution in [2.45, 2.75) is 12.7 Å². The molecule has 0 saturated heterocycles. The molecule has 0 aromatic heterocycles. The summed E-state index contributed by atoms with van der Waals surface area (Å²) in [6, 6.07) is 12.4. The average molecular weight is 367 g/mol. The van der Waals surface area contributed by atoms with E-state index in [-0.39, 0.29) is 18.2 Å². The van der Waals surface area contributed by atoms with Crippen LogP contribution in [0.3, 0.4) is 0 Å². The van der Waals surface area contributed by atoms with Crippen LogP contribution in [0.4, 0.5) is 11.4 Å². The zero-order valence-electron chi connectivity index (χ0n) is 13.5. The van der Waals surface area contributed by atoms with Crippen molar-refractivity contribution >= 4 is 38.7 Å². The number of sulfone groups is 1. The molecule has 2 N–H and O–H groups in total. The van der Waals surface area contributed by atoms with E-state index in [0.717, 1.165) is 5.56 Å². The minimum Gasteiger partial charge on any atom is -0.376 e. The van der Waals surface area contributed by atoms with Crippen LogP contribution in [0.1, 0.15) is 11.1 Å². The van der Waals surface area contributed by atoms with Crippen LogP contribution in [-0.4, -0.2) is 27.1 Å². The summed E-state index contributed by atoms with van der Waals surface area (Å²) in [6.07, 6.45) is 1.18. The molecule has 0 radical (unpaired) electrons. The fourth-order valence-electron chi connectivity index (χ4n) is 2.19. The van der Waals surface area contributed by atoms with Gasteiger partial charge in [0.1, 0.15) is 0 Å². The Labute approximate surface area is 147 Å². The Balaban J connectivity index is 2.02. The van der Waals surface area contributed by atoms with Gasteiger partial charge < -0.3 is 10.6 Å². The first-order valence-electron chi connectivity index (χ1n) is 7.30. The number of anilines is 2. The van der Waals surface area contributed by atoms with Gasteiger partial charge >= 0.3 is 0 Å². The van der Waals surface area contributed by atoms with Crippen LogP contribution in [0.15, 0.2) is 42.5 Å². The van der Waals surface area contributed by atoms with Crippen molar-refractivity contribution in [3.63, 3.8) is 0 Å². The van der Waals surface area contributed by atoms with Gasteiger partial charge in [0, 0.05) is 11.9 Å². The van der Waals surface area contributed by atoms with Crippen molar-refractivity contribution in [1.82, 2.24) is 0 Å². The van der Waals surface area contributed by atoms with Crippen LogP contribution in [0, 0.1) is 6.92 Å². The Morgan fingerprint density at radius 2 is 1.83 bits per heavy atom. The van der Waals surface area contributed by atoms with Crippen molar-refractivity contribution in [3.05, 3.63) is 58.6 Å². The van der Waals surface area contributed by atoms with Crippen LogP contribution in [0.5, 0.6) is 0 Å². The summed E-state index contributed by atoms with van der Waals surface area (Å²) in [4.78, 5) is 12.1. The normalized spacial score (nSPS) is 11.1. The largest absolute Gasteiger partial charge is 0.376 e. The van der Waals surface area contributed by atoms with E-state index in [9.17, 15) is 13.2 Å². The maximum Gasteiger partial charge on any atom is 0.243 e. The molecule has 0 bridgehead atoms. The number of para-hydroxylation sites is 1. The Morgan fingerprint density at radius 3 is 2.50 bits per heavy atom. The van der Waals surface area contributed by atoms with Crippen LogP contribution < -0.4 is 10.6 Å². The van der Waals surface area contributed by atoms with Crippen molar-refractivity contribution in [2.75, 3.05) is 23.4 Å². The zero-order chi connectivity index (χ0) is 17.7. The lowest BCUT2D eigenvalue weighted by Gasteiger charge is -2.12. The zero-order valence-corrected chi connectivity index (χ0v) is 15.0. The number of carbonyl (C=O) groups excluding carboxylic acids is 1. The molecule has 128 valence electrons. The monoisotopic (exact) mass is 366 g/mol. The van der Waals surface area contributed by atoms with Gasteiger partial charge in [0.2, 0.25) is 5.91 Å². The highest BCUT2D eigenvalue weighted by atomic mass is 35.5. The van der Waals surface area contributed by atoms with Crippen molar-refractivity contribution < 1.29 is 13.2 Å². The molecule has 1 amide bonds. The third-order valence-corrected chi connectivity index (χ3v) is 4.42. The van der Waals surface area contributed by atoms with E-state index in [1.165, 1.54) is 6.26 Å². The number of carbonyl (C=O) groups is 1. The third-order valence-electron chi connectivity index (χ3n) is 3.27. The number of amides is 1. The van der Waals surface area contributed by atoms with Gasteiger partial charge in [-0.3, -0.25) is 4.79 Å². The van der Waals surface area contributed by atoms with E-state index in [1.807, 2.05) is 13.0 Å². The number of rotatable bonds is 6. The van der Waals surface area contributed by atoms with Gasteiger partial charge in [-0.25, -0.2) is 8.42 Å². The molecule has 2 rings (SSSR count). The first-order valence-corrected chi connectivity index (χ1v) is 9.74. The number of hydrogen-bond donors (Lipinski definition) is 2. The van der Waals surface area contributed by atoms with Crippen LogP contribution in [0.2, 0.25) is 5.02 Å². The Hall–Kier alpha value is -2.05. The number of nitrogens with one attached hydrogen (secondary N) is 2. The van der Waals surface area contributed by atoms with Gasteiger partial charge in [-0.2, -0.15) is 0 Å². The lowest BCUT2D eigenvalue weighted by atomic mass is 10.2. The summed E-state index contributed by atoms with van der Waals surface area (Å²) in [5, 5.41) is 6.16. The number of benzene rings is 2. The topological polar surface area (TPSA) is 75.3 Å². The Kier molecular flexibility index (Phi) is 5.85. The molecule has 0 spiro atoms. The highest BCUT2D eigenvalue weighted by Gasteiger charge is 2.11. The Bertz CT molecular complexity index is 851. The summed E-state index contributed by atoms with van der Waals surface area (Å²) in [5.74, 6) is -0.350. The predicted octanol–water partition coefficient (Wildman–Crippen LogP) is 3.24. The third kappa shape index (κ3) is 5.54. The second-order valence-corrected chi connectivity index (χ2v) is 8.16. The standard InChI is InChI=1S/C17H19ClN2O3S/c1-12-7-8-16(14(18)9-12)20-17(21)10-19-15-6-4-3-5-13(15)11-24(2,22)23/h3-9,19H,10-11H2,1-2H3,(H,20,21). The molecule has 0 heterocycles. The molecular formula is C17H19ClN2O3S. The summed E-state index contributed by atoms with van der Waals surface area (Å²) in [6.45, 7) is 1.92. The second kappa shape index (κ2) is 7.68. The summed E-state index contributed by atoms with van der Waals surface area (Å²) < 4.78 is 23.0. The van der Waals surface area contributed by atoms with Crippen molar-refractivity contribution in [1.29, 1.82) is 0 Å². The molecule has 0 fully saturated rings. The van der Waals surface area contributed by atoms with Crippen LogP contribution in [0.25, 0.3) is 0 Å². The van der Waals surface area contributed by atoms with Crippen molar-refractivity contribution in [3.8, 4) is 0 Å². The number of hydrogen-bond acceptors (Lipinski definition) is 4. The molecular weight excluding hydrogens is 348 g/mol. The number of aryl methyl sites for hydroxylation is 1. The maximum absolute atomic E-state index is 12.1. The van der Waals surface area contributed by atoms with E-state index >= 15 is 0 Å². The minimum atomic E-state index is -3.15. The van der Waals surface area contributed by atoms with Gasteiger partial charge in [0.05, 0.1) is 23.0 Å². The van der Waals surface area contributed by atoms with Gasteiger partial charge in [0.15, 0.2) is 9.84 Å². The lowest BCUT2D eigenvalue weighted by Crippen LogP contribution is -2.22. The maximum atomic E-state index is 12.1. The molecule has 0 aliphatic rings. The van der Waals surface area contributed by atoms with E-state index in [4.69, 9.17) is 11.6 Å². The molecule has 0 saturated carbocycles. The summed E-state index contributed by atoms with van der Waals surface area (Å²) in [7, 11) is -3.15. The van der Waals surface area contributed by atoms with E-state index in [0.29, 0.717) is 22.0 Å². The Morgan fingerprint density at radius 1 is 1.12 bits per heavy atom. The van der Waals surface area contributed by atoms with Gasteiger partial charge in [-0.15, -0.1) is 0 Å². The molecule has 2 aromatic rings. The lowest BCUT2D eigenvalue weighted by molar-refractivity contribution is -0.114. The van der Waals surface area contributed by atoms with Gasteiger partial charge in [0.25, 0.3) is 0 Å². The molecule has 2 aromatic carbocycles. The highest BCUT2D eigenvalue weighted by molar-refractivity contribution is 7.89. The summed E-state index contributed by atoms with van der Waals surface area (Å²) >= 11 is 6.09. The second-order valence-electron chi connectivity index (χ2n) is 5.61. The van der Waals surface area contributed by atoms with Crippen LogP contribution in [-0.2, 0) is 20.4 Å².